The summed E-state index contributed by atoms with van der Waals surface area (Å²) < 4.78 is 84.5. The predicted molar refractivity (Wildman–Crippen MR) is 114 cm³/mol. The highest BCUT2D eigenvalue weighted by molar-refractivity contribution is 7.89. The van der Waals surface area contributed by atoms with Crippen molar-refractivity contribution >= 4 is 21.6 Å². The van der Waals surface area contributed by atoms with Gasteiger partial charge >= 0.3 is 6.18 Å². The quantitative estimate of drug-likeness (QED) is 0.610. The van der Waals surface area contributed by atoms with Crippen LogP contribution in [-0.2, 0) is 14.8 Å². The number of amides is 1. The molecule has 0 bridgehead atoms. The lowest BCUT2D eigenvalue weighted by Gasteiger charge is -2.34. The van der Waals surface area contributed by atoms with Crippen molar-refractivity contribution in [2.75, 3.05) is 18.4 Å². The Morgan fingerprint density at radius 1 is 1.06 bits per heavy atom. The molecule has 3 rings (SSSR count). The number of anilines is 1. The van der Waals surface area contributed by atoms with Gasteiger partial charge in [0.2, 0.25) is 10.0 Å². The van der Waals surface area contributed by atoms with Crippen LogP contribution in [-0.4, -0.2) is 49.7 Å². The highest BCUT2D eigenvalue weighted by Crippen LogP contribution is 2.32. The molecule has 1 saturated heterocycles. The van der Waals surface area contributed by atoms with Crippen LogP contribution in [0.1, 0.15) is 25.3 Å². The molecule has 0 aliphatic carbocycles. The Labute approximate surface area is 189 Å². The molecule has 6 nitrogen and oxygen atoms in total. The van der Waals surface area contributed by atoms with E-state index in [4.69, 9.17) is 4.74 Å². The summed E-state index contributed by atoms with van der Waals surface area (Å²) >= 11 is 0. The van der Waals surface area contributed by atoms with Gasteiger partial charge in [-0.15, -0.1) is 0 Å². The molecule has 1 unspecified atom stereocenters. The fraction of sp³-hybridized carbons (Fsp3) is 0.409. The molecular formula is C22H24F4N2O4S. The summed E-state index contributed by atoms with van der Waals surface area (Å²) in [6.07, 6.45) is -7.18. The first kappa shape index (κ1) is 25.0. The van der Waals surface area contributed by atoms with Gasteiger partial charge in [0.15, 0.2) is 11.8 Å². The van der Waals surface area contributed by atoms with Gasteiger partial charge in [-0.2, -0.15) is 17.5 Å². The fourth-order valence-electron chi connectivity index (χ4n) is 3.30. The van der Waals surface area contributed by atoms with E-state index < -0.39 is 33.9 Å². The first-order valence-corrected chi connectivity index (χ1v) is 11.7. The van der Waals surface area contributed by atoms with Crippen LogP contribution in [0.2, 0.25) is 0 Å². The van der Waals surface area contributed by atoms with Crippen molar-refractivity contribution in [3.05, 3.63) is 54.1 Å². The Morgan fingerprint density at radius 2 is 1.61 bits per heavy atom. The molecule has 2 aromatic rings. The number of nitrogens with zero attached hydrogens (tertiary/aromatic N) is 1. The van der Waals surface area contributed by atoms with Crippen LogP contribution in [0.5, 0.6) is 5.75 Å². The molecule has 1 atom stereocenters. The maximum Gasteiger partial charge on any atom is 0.425 e. The van der Waals surface area contributed by atoms with E-state index >= 15 is 4.39 Å². The van der Waals surface area contributed by atoms with Crippen molar-refractivity contribution < 1.29 is 35.5 Å². The topological polar surface area (TPSA) is 75.7 Å². The monoisotopic (exact) mass is 488 g/mol. The zero-order valence-corrected chi connectivity index (χ0v) is 18.8. The number of carbonyl (C=O) groups excluding carboxylic acids is 1. The maximum atomic E-state index is 15.3. The lowest BCUT2D eigenvalue weighted by molar-refractivity contribution is -0.189. The maximum absolute atomic E-state index is 15.3. The third kappa shape index (κ3) is 5.83. The minimum Gasteiger partial charge on any atom is -0.481 e. The summed E-state index contributed by atoms with van der Waals surface area (Å²) in [7, 11) is -3.80. The van der Waals surface area contributed by atoms with E-state index in [9.17, 15) is 26.4 Å². The largest absolute Gasteiger partial charge is 0.481 e. The fourth-order valence-corrected chi connectivity index (χ4v) is 4.74. The highest BCUT2D eigenvalue weighted by Gasteiger charge is 2.44. The number of aryl methyl sites for hydroxylation is 1. The van der Waals surface area contributed by atoms with Crippen molar-refractivity contribution in [2.24, 2.45) is 0 Å². The van der Waals surface area contributed by atoms with Gasteiger partial charge in [0.1, 0.15) is 5.75 Å². The lowest BCUT2D eigenvalue weighted by atomic mass is 9.93. The third-order valence-electron chi connectivity index (χ3n) is 5.47. The van der Waals surface area contributed by atoms with Crippen molar-refractivity contribution in [3.8, 4) is 5.75 Å². The van der Waals surface area contributed by atoms with Gasteiger partial charge in [0, 0.05) is 31.6 Å². The second-order valence-electron chi connectivity index (χ2n) is 7.96. The number of carbonyl (C=O) groups is 1. The summed E-state index contributed by atoms with van der Waals surface area (Å²) in [4.78, 5) is 12.6. The van der Waals surface area contributed by atoms with Crippen LogP contribution in [0.3, 0.4) is 0 Å². The van der Waals surface area contributed by atoms with Crippen LogP contribution in [0.25, 0.3) is 0 Å². The zero-order valence-electron chi connectivity index (χ0n) is 18.0. The molecule has 1 N–H and O–H groups in total. The second kappa shape index (κ2) is 9.30. The minimum absolute atomic E-state index is 0.0533. The highest BCUT2D eigenvalue weighted by atomic mass is 32.2. The number of halogens is 4. The SMILES string of the molecule is Cc1ccc(S(=O)(=O)N2CCC(F)(C(=O)Nc3ccc(OC(C)C(F)(F)F)cc3)CC2)cc1. The van der Waals surface area contributed by atoms with Gasteiger partial charge in [-0.3, -0.25) is 4.79 Å². The van der Waals surface area contributed by atoms with Crippen molar-refractivity contribution in [1.29, 1.82) is 0 Å². The number of ether oxygens (including phenoxy) is 1. The van der Waals surface area contributed by atoms with E-state index in [1.54, 1.807) is 12.1 Å². The average molecular weight is 489 g/mol. The number of nitrogens with one attached hydrogen (secondary N) is 1. The van der Waals surface area contributed by atoms with Crippen molar-refractivity contribution in [2.45, 2.75) is 49.5 Å². The van der Waals surface area contributed by atoms with Crippen molar-refractivity contribution in [3.63, 3.8) is 0 Å². The molecule has 0 saturated carbocycles. The molecule has 1 amide bonds. The van der Waals surface area contributed by atoms with Gasteiger partial charge in [-0.1, -0.05) is 17.7 Å². The Morgan fingerprint density at radius 3 is 2.12 bits per heavy atom. The number of alkyl halides is 4. The van der Waals surface area contributed by atoms with E-state index in [1.165, 1.54) is 36.4 Å². The molecule has 1 aliphatic rings. The van der Waals surface area contributed by atoms with Crippen LogP contribution in [0.15, 0.2) is 53.4 Å². The Balaban J connectivity index is 1.60. The molecule has 2 aromatic carbocycles. The van der Waals surface area contributed by atoms with Gasteiger partial charge in [-0.05, 0) is 50.2 Å². The normalized spacial score (nSPS) is 17.9. The van der Waals surface area contributed by atoms with E-state index in [0.29, 0.717) is 0 Å². The lowest BCUT2D eigenvalue weighted by Crippen LogP contribution is -2.50. The number of hydrogen-bond donors (Lipinski definition) is 1. The van der Waals surface area contributed by atoms with Gasteiger partial charge in [0.25, 0.3) is 5.91 Å². The Bertz CT molecular complexity index is 1080. The molecule has 0 radical (unpaired) electrons. The Hall–Kier alpha value is -2.66. The number of benzene rings is 2. The van der Waals surface area contributed by atoms with E-state index in [0.717, 1.165) is 16.8 Å². The van der Waals surface area contributed by atoms with Gasteiger partial charge < -0.3 is 10.1 Å². The minimum atomic E-state index is -4.52. The molecule has 0 aromatic heterocycles. The summed E-state index contributed by atoms with van der Waals surface area (Å²) in [5.41, 5.74) is -1.19. The molecule has 1 fully saturated rings. The average Bonchev–Trinajstić information content (AvgIpc) is 2.75. The molecule has 1 heterocycles. The number of hydrogen-bond acceptors (Lipinski definition) is 4. The zero-order chi connectivity index (χ0) is 24.4. The van der Waals surface area contributed by atoms with Crippen LogP contribution >= 0.6 is 0 Å². The van der Waals surface area contributed by atoms with E-state index in [-0.39, 0.29) is 42.3 Å². The number of sulfonamides is 1. The molecular weight excluding hydrogens is 464 g/mol. The first-order chi connectivity index (χ1) is 15.3. The summed E-state index contributed by atoms with van der Waals surface area (Å²) in [5, 5.41) is 2.39. The van der Waals surface area contributed by atoms with E-state index in [2.05, 4.69) is 5.32 Å². The predicted octanol–water partition coefficient (Wildman–Crippen LogP) is 4.46. The summed E-state index contributed by atoms with van der Waals surface area (Å²) in [6.45, 7) is 2.37. The Kier molecular flexibility index (Phi) is 7.04. The third-order valence-corrected chi connectivity index (χ3v) is 7.38. The molecule has 180 valence electrons. The molecule has 1 aliphatic heterocycles. The number of rotatable bonds is 6. The molecule has 0 spiro atoms. The van der Waals surface area contributed by atoms with Crippen LogP contribution < -0.4 is 10.1 Å². The molecule has 11 heteroatoms. The first-order valence-electron chi connectivity index (χ1n) is 10.2. The number of piperidine rings is 1. The van der Waals surface area contributed by atoms with Gasteiger partial charge in [0.05, 0.1) is 4.90 Å². The summed E-state index contributed by atoms with van der Waals surface area (Å²) in [6, 6.07) is 11.4. The molecule has 33 heavy (non-hydrogen) atoms. The second-order valence-corrected chi connectivity index (χ2v) is 9.90. The van der Waals surface area contributed by atoms with Crippen LogP contribution in [0.4, 0.5) is 23.2 Å². The van der Waals surface area contributed by atoms with Gasteiger partial charge in [-0.25, -0.2) is 12.8 Å². The summed E-state index contributed by atoms with van der Waals surface area (Å²) in [5.74, 6) is -0.991. The van der Waals surface area contributed by atoms with Crippen molar-refractivity contribution in [1.82, 2.24) is 4.31 Å². The smallest absolute Gasteiger partial charge is 0.425 e. The van der Waals surface area contributed by atoms with E-state index in [1.807, 2.05) is 6.92 Å². The standard InChI is InChI=1S/C22H24F4N2O4S/c1-15-3-9-19(10-4-15)33(30,31)28-13-11-21(23,12-14-28)20(29)27-17-5-7-18(8-6-17)32-16(2)22(24,25)26/h3-10,16H,11-14H2,1-2H3,(H,27,29). The van der Waals surface area contributed by atoms with Crippen LogP contribution in [0, 0.1) is 6.92 Å².